The molecule has 1 saturated heterocycles. The highest BCUT2D eigenvalue weighted by molar-refractivity contribution is 5.68. The maximum Gasteiger partial charge on any atom is 0.410 e. The third-order valence-corrected chi connectivity index (χ3v) is 3.88. The number of nitrogens with zero attached hydrogens (tertiary/aromatic N) is 2. The van der Waals surface area contributed by atoms with Gasteiger partial charge in [0.25, 0.3) is 0 Å². The Labute approximate surface area is 144 Å². The molecule has 0 aromatic heterocycles. The second-order valence-corrected chi connectivity index (χ2v) is 7.26. The molecule has 1 aromatic rings. The summed E-state index contributed by atoms with van der Waals surface area (Å²) in [4.78, 5) is 13.9. The average Bonchev–Trinajstić information content (AvgIpc) is 2.54. The van der Waals surface area contributed by atoms with E-state index in [-0.39, 0.29) is 6.09 Å². The van der Waals surface area contributed by atoms with Crippen molar-refractivity contribution in [2.45, 2.75) is 45.8 Å². The first-order valence-electron chi connectivity index (χ1n) is 8.42. The van der Waals surface area contributed by atoms with Crippen LogP contribution in [-0.4, -0.2) is 36.3 Å². The number of nitriles is 1. The number of hydrogen-bond acceptors (Lipinski definition) is 4. The standard InChI is InChI=1S/C19H26N2O3/c1-19(2,3)24-18(22)21-10-4-5-17(12-21)14-23-13-16-8-6-15(11-20)7-9-16/h6-9,17H,4-5,10,12-14H2,1-3H3. The molecule has 0 aliphatic carbocycles. The van der Waals surface area contributed by atoms with E-state index in [9.17, 15) is 4.79 Å². The Morgan fingerprint density at radius 1 is 1.33 bits per heavy atom. The van der Waals surface area contributed by atoms with Gasteiger partial charge < -0.3 is 14.4 Å². The Hall–Kier alpha value is -2.06. The van der Waals surface area contributed by atoms with Crippen LogP contribution in [0.25, 0.3) is 0 Å². The third kappa shape index (κ3) is 5.86. The first-order chi connectivity index (χ1) is 11.4. The Balaban J connectivity index is 1.76. The predicted octanol–water partition coefficient (Wildman–Crippen LogP) is 3.72. The van der Waals surface area contributed by atoms with Gasteiger partial charge in [0.05, 0.1) is 24.8 Å². The van der Waals surface area contributed by atoms with Gasteiger partial charge in [0.15, 0.2) is 0 Å². The van der Waals surface area contributed by atoms with E-state index >= 15 is 0 Å². The molecule has 0 spiro atoms. The molecule has 130 valence electrons. The van der Waals surface area contributed by atoms with Crippen molar-refractivity contribution in [1.29, 1.82) is 5.26 Å². The first-order valence-corrected chi connectivity index (χ1v) is 8.42. The first kappa shape index (κ1) is 18.3. The molecule has 5 nitrogen and oxygen atoms in total. The molecule has 5 heteroatoms. The number of benzene rings is 1. The fourth-order valence-electron chi connectivity index (χ4n) is 2.71. The van der Waals surface area contributed by atoms with Crippen LogP contribution in [0.4, 0.5) is 4.79 Å². The zero-order valence-corrected chi connectivity index (χ0v) is 14.7. The maximum absolute atomic E-state index is 12.2. The summed E-state index contributed by atoms with van der Waals surface area (Å²) in [5.41, 5.74) is 1.24. The van der Waals surface area contributed by atoms with Crippen LogP contribution >= 0.6 is 0 Å². The molecule has 1 heterocycles. The molecule has 0 saturated carbocycles. The molecule has 1 fully saturated rings. The quantitative estimate of drug-likeness (QED) is 0.844. The molecule has 0 bridgehead atoms. The van der Waals surface area contributed by atoms with Crippen LogP contribution in [-0.2, 0) is 16.1 Å². The van der Waals surface area contributed by atoms with Crippen molar-refractivity contribution in [3.05, 3.63) is 35.4 Å². The number of carbonyl (C=O) groups excluding carboxylic acids is 1. The van der Waals surface area contributed by atoms with E-state index < -0.39 is 5.60 Å². The van der Waals surface area contributed by atoms with Gasteiger partial charge in [-0.1, -0.05) is 12.1 Å². The van der Waals surface area contributed by atoms with E-state index in [4.69, 9.17) is 14.7 Å². The number of rotatable bonds is 4. The Morgan fingerprint density at radius 3 is 2.67 bits per heavy atom. The smallest absolute Gasteiger partial charge is 0.410 e. The van der Waals surface area contributed by atoms with Gasteiger partial charge in [0, 0.05) is 19.0 Å². The van der Waals surface area contributed by atoms with E-state index in [1.54, 1.807) is 17.0 Å². The van der Waals surface area contributed by atoms with Gasteiger partial charge in [0.1, 0.15) is 5.60 Å². The van der Waals surface area contributed by atoms with Gasteiger partial charge in [-0.2, -0.15) is 5.26 Å². The number of piperidine rings is 1. The van der Waals surface area contributed by atoms with Crippen molar-refractivity contribution in [1.82, 2.24) is 4.90 Å². The molecule has 1 unspecified atom stereocenters. The summed E-state index contributed by atoms with van der Waals surface area (Å²) in [6, 6.07) is 9.51. The normalized spacial score (nSPS) is 18.1. The topological polar surface area (TPSA) is 62.6 Å². The lowest BCUT2D eigenvalue weighted by Gasteiger charge is -2.34. The molecular formula is C19H26N2O3. The number of likely N-dealkylation sites (tertiary alicyclic amines) is 1. The zero-order valence-electron chi connectivity index (χ0n) is 14.7. The monoisotopic (exact) mass is 330 g/mol. The van der Waals surface area contributed by atoms with Crippen molar-refractivity contribution in [3.63, 3.8) is 0 Å². The number of ether oxygens (including phenoxy) is 2. The van der Waals surface area contributed by atoms with Crippen molar-refractivity contribution < 1.29 is 14.3 Å². The predicted molar refractivity (Wildman–Crippen MR) is 91.3 cm³/mol. The van der Waals surface area contributed by atoms with Crippen LogP contribution in [0.1, 0.15) is 44.7 Å². The second kappa shape index (κ2) is 8.16. The maximum atomic E-state index is 12.2. The highest BCUT2D eigenvalue weighted by Crippen LogP contribution is 2.20. The fraction of sp³-hybridized carbons (Fsp3) is 0.579. The molecule has 1 atom stereocenters. The molecule has 1 amide bonds. The van der Waals surface area contributed by atoms with E-state index in [0.717, 1.165) is 24.9 Å². The largest absolute Gasteiger partial charge is 0.444 e. The van der Waals surface area contributed by atoms with Gasteiger partial charge >= 0.3 is 6.09 Å². The lowest BCUT2D eigenvalue weighted by Crippen LogP contribution is -2.43. The molecule has 0 radical (unpaired) electrons. The van der Waals surface area contributed by atoms with Crippen molar-refractivity contribution in [2.24, 2.45) is 5.92 Å². The average molecular weight is 330 g/mol. The van der Waals surface area contributed by atoms with E-state index in [0.29, 0.717) is 31.2 Å². The Bertz CT molecular complexity index is 584. The highest BCUT2D eigenvalue weighted by Gasteiger charge is 2.27. The summed E-state index contributed by atoms with van der Waals surface area (Å²) >= 11 is 0. The lowest BCUT2D eigenvalue weighted by atomic mass is 9.99. The summed E-state index contributed by atoms with van der Waals surface area (Å²) in [6.45, 7) is 8.23. The Kier molecular flexibility index (Phi) is 6.22. The van der Waals surface area contributed by atoms with Crippen LogP contribution in [0.15, 0.2) is 24.3 Å². The molecular weight excluding hydrogens is 304 g/mol. The summed E-state index contributed by atoms with van der Waals surface area (Å²) in [5, 5.41) is 8.79. The molecule has 1 aliphatic rings. The molecule has 1 aliphatic heterocycles. The SMILES string of the molecule is CC(C)(C)OC(=O)N1CCCC(COCc2ccc(C#N)cc2)C1. The van der Waals surface area contributed by atoms with E-state index in [2.05, 4.69) is 6.07 Å². The van der Waals surface area contributed by atoms with Crippen LogP contribution < -0.4 is 0 Å². The number of hydrogen-bond donors (Lipinski definition) is 0. The summed E-state index contributed by atoms with van der Waals surface area (Å²) < 4.78 is 11.2. The van der Waals surface area contributed by atoms with Crippen LogP contribution in [0.2, 0.25) is 0 Å². The minimum absolute atomic E-state index is 0.237. The highest BCUT2D eigenvalue weighted by atomic mass is 16.6. The van der Waals surface area contributed by atoms with E-state index in [1.807, 2.05) is 32.9 Å². The van der Waals surface area contributed by atoms with Gasteiger partial charge in [-0.3, -0.25) is 0 Å². The van der Waals surface area contributed by atoms with Crippen molar-refractivity contribution >= 4 is 6.09 Å². The van der Waals surface area contributed by atoms with Gasteiger partial charge in [0.2, 0.25) is 0 Å². The molecule has 1 aromatic carbocycles. The van der Waals surface area contributed by atoms with Gasteiger partial charge in [-0.15, -0.1) is 0 Å². The van der Waals surface area contributed by atoms with Crippen LogP contribution in [0, 0.1) is 17.2 Å². The zero-order chi connectivity index (χ0) is 17.6. The molecule has 2 rings (SSSR count). The van der Waals surface area contributed by atoms with Crippen LogP contribution in [0.3, 0.4) is 0 Å². The molecule has 0 N–H and O–H groups in total. The lowest BCUT2D eigenvalue weighted by molar-refractivity contribution is 0.00593. The van der Waals surface area contributed by atoms with E-state index in [1.165, 1.54) is 0 Å². The number of carbonyl (C=O) groups is 1. The molecule has 24 heavy (non-hydrogen) atoms. The minimum Gasteiger partial charge on any atom is -0.444 e. The van der Waals surface area contributed by atoms with Gasteiger partial charge in [-0.25, -0.2) is 4.79 Å². The van der Waals surface area contributed by atoms with Crippen molar-refractivity contribution in [3.8, 4) is 6.07 Å². The van der Waals surface area contributed by atoms with Gasteiger partial charge in [-0.05, 0) is 51.3 Å². The summed E-state index contributed by atoms with van der Waals surface area (Å²) in [5.74, 6) is 0.338. The van der Waals surface area contributed by atoms with Crippen molar-refractivity contribution in [2.75, 3.05) is 19.7 Å². The fourth-order valence-corrected chi connectivity index (χ4v) is 2.71. The summed E-state index contributed by atoms with van der Waals surface area (Å²) in [6.07, 6.45) is 1.80. The Morgan fingerprint density at radius 2 is 2.04 bits per heavy atom. The minimum atomic E-state index is -0.462. The van der Waals surface area contributed by atoms with Crippen LogP contribution in [0.5, 0.6) is 0 Å². The number of amides is 1. The summed E-state index contributed by atoms with van der Waals surface area (Å²) in [7, 11) is 0. The second-order valence-electron chi connectivity index (χ2n) is 7.26. The third-order valence-electron chi connectivity index (χ3n) is 3.88.